The second-order valence-corrected chi connectivity index (χ2v) is 6.01. The van der Waals surface area contributed by atoms with Crippen molar-refractivity contribution in [3.05, 3.63) is 0 Å². The summed E-state index contributed by atoms with van der Waals surface area (Å²) in [5.41, 5.74) is 0.212. The molecule has 0 aromatic carbocycles. The average molecular weight is 142 g/mol. The summed E-state index contributed by atoms with van der Waals surface area (Å²) < 4.78 is 5.81. The molecule has 0 amide bonds. The summed E-state index contributed by atoms with van der Waals surface area (Å²) >= 11 is -0.720. The van der Waals surface area contributed by atoms with E-state index in [-0.39, 0.29) is 5.60 Å². The van der Waals surface area contributed by atoms with Gasteiger partial charge >= 0.3 is 14.5 Å². The van der Waals surface area contributed by atoms with Gasteiger partial charge in [-0.2, -0.15) is 0 Å². The fraction of sp³-hybridized carbons (Fsp3) is 1.00. The lowest BCUT2D eigenvalue weighted by Gasteiger charge is -2.33. The molecule has 0 aliphatic carbocycles. The van der Waals surface area contributed by atoms with Gasteiger partial charge in [0.1, 0.15) is 0 Å². The highest BCUT2D eigenvalue weighted by Gasteiger charge is 2.29. The molecule has 0 spiro atoms. The molecular weight excluding hydrogens is 127 g/mol. The van der Waals surface area contributed by atoms with E-state index in [2.05, 4.69) is 19.6 Å². The highest BCUT2D eigenvalue weighted by molar-refractivity contribution is 6.50. The molecule has 52 valence electrons. The first-order chi connectivity index (χ1) is 4.10. The molecule has 1 heterocycles. The molecule has 9 heavy (non-hydrogen) atoms. The summed E-state index contributed by atoms with van der Waals surface area (Å²) in [4.78, 5) is 0. The van der Waals surface area contributed by atoms with E-state index in [1.54, 1.807) is 0 Å². The highest BCUT2D eigenvalue weighted by Crippen LogP contribution is 2.26. The summed E-state index contributed by atoms with van der Waals surface area (Å²) in [5, 5.41) is 1.38. The molecule has 1 aliphatic heterocycles. The molecule has 1 rings (SSSR count). The molecule has 0 unspecified atom stereocenters. The van der Waals surface area contributed by atoms with E-state index in [0.717, 1.165) is 0 Å². The van der Waals surface area contributed by atoms with Gasteiger partial charge in [-0.3, -0.25) is 0 Å². The van der Waals surface area contributed by atoms with Crippen LogP contribution in [0.15, 0.2) is 0 Å². The van der Waals surface area contributed by atoms with E-state index in [9.17, 15) is 0 Å². The lowest BCUT2D eigenvalue weighted by atomic mass is 10.0. The smallest absolute Gasteiger partial charge is 0.457 e. The lowest BCUT2D eigenvalue weighted by molar-refractivity contribution is 0.0818. The zero-order valence-corrected chi connectivity index (χ0v) is 7.76. The monoisotopic (exact) mass is 142 g/mol. The molecule has 0 radical (unpaired) electrons. The predicted octanol–water partition coefficient (Wildman–Crippen LogP) is 2.20. The van der Waals surface area contributed by atoms with Crippen LogP contribution >= 0.6 is 0 Å². The van der Waals surface area contributed by atoms with Gasteiger partial charge < -0.3 is 3.79 Å². The lowest BCUT2D eigenvalue weighted by Crippen LogP contribution is -2.35. The maximum Gasteiger partial charge on any atom is 0.457 e. The van der Waals surface area contributed by atoms with Crippen LogP contribution in [0.2, 0.25) is 11.1 Å². The number of hydrogen-bond acceptors (Lipinski definition) is 1. The summed E-state index contributed by atoms with van der Waals surface area (Å²) in [6.07, 6.45) is 2.64. The minimum absolute atomic E-state index is 0.212. The maximum atomic E-state index is 5.81. The highest BCUT2D eigenvalue weighted by atomic mass is 27.2. The normalized spacial score (nSPS) is 26.3. The summed E-state index contributed by atoms with van der Waals surface area (Å²) in [6.45, 7) is 4.41. The molecule has 1 aliphatic rings. The first-order valence-corrected chi connectivity index (χ1v) is 6.22. The van der Waals surface area contributed by atoms with Gasteiger partial charge in [0.2, 0.25) is 0 Å². The first kappa shape index (κ1) is 7.60. The van der Waals surface area contributed by atoms with Gasteiger partial charge in [0.25, 0.3) is 0 Å². The Morgan fingerprint density at radius 1 is 1.44 bits per heavy atom. The van der Waals surface area contributed by atoms with Gasteiger partial charge in [0, 0.05) is 5.60 Å². The maximum absolute atomic E-state index is 5.81. The molecular formula is C7H15AlO. The third-order valence-corrected chi connectivity index (χ3v) is 4.17. The second-order valence-electron chi connectivity index (χ2n) is 3.58. The Hall–Kier alpha value is 0.492. The number of hydrogen-bond donors (Lipinski definition) is 0. The second kappa shape index (κ2) is 2.62. The Morgan fingerprint density at radius 3 is 2.44 bits per heavy atom. The van der Waals surface area contributed by atoms with Crippen molar-refractivity contribution in [3.63, 3.8) is 0 Å². The van der Waals surface area contributed by atoms with Gasteiger partial charge in [0.05, 0.1) is 0 Å². The third-order valence-electron chi connectivity index (χ3n) is 1.91. The van der Waals surface area contributed by atoms with Crippen LogP contribution in [-0.4, -0.2) is 20.1 Å². The van der Waals surface area contributed by atoms with Crippen molar-refractivity contribution >= 4 is 14.5 Å². The van der Waals surface area contributed by atoms with Gasteiger partial charge in [-0.25, -0.2) is 0 Å². The molecule has 1 fully saturated rings. The van der Waals surface area contributed by atoms with Crippen LogP contribution in [-0.2, 0) is 3.79 Å². The molecule has 0 bridgehead atoms. The fourth-order valence-electron chi connectivity index (χ4n) is 1.48. The van der Waals surface area contributed by atoms with E-state index in [1.165, 1.54) is 18.1 Å². The SMILES string of the molecule is [CH3][Al]1[CH2]CCC(C)(C)[O]1. The largest absolute Gasteiger partial charge is 0.496 e. The first-order valence-electron chi connectivity index (χ1n) is 3.78. The molecule has 0 atom stereocenters. The molecule has 1 saturated heterocycles. The summed E-state index contributed by atoms with van der Waals surface area (Å²) in [5.74, 6) is 2.29. The van der Waals surface area contributed by atoms with Crippen molar-refractivity contribution in [2.75, 3.05) is 0 Å². The Balaban J connectivity index is 2.41. The molecule has 0 N–H and O–H groups in total. The minimum Gasteiger partial charge on any atom is -0.496 e. The van der Waals surface area contributed by atoms with E-state index in [4.69, 9.17) is 3.79 Å². The Kier molecular flexibility index (Phi) is 2.21. The van der Waals surface area contributed by atoms with Crippen LogP contribution in [0.5, 0.6) is 0 Å². The van der Waals surface area contributed by atoms with Gasteiger partial charge in [0.15, 0.2) is 0 Å². The van der Waals surface area contributed by atoms with E-state index >= 15 is 0 Å². The minimum atomic E-state index is -0.720. The van der Waals surface area contributed by atoms with E-state index in [0.29, 0.717) is 0 Å². The summed E-state index contributed by atoms with van der Waals surface area (Å²) in [7, 11) is 0. The standard InChI is InChI=1S/C6H12O.CH3.Al/c1-4-5-6(2,3)7;;/h1,4-5H2,2-3H3;1H3;/q-1;;+1. The quantitative estimate of drug-likeness (QED) is 0.471. The van der Waals surface area contributed by atoms with Crippen LogP contribution < -0.4 is 0 Å². The zero-order chi connectivity index (χ0) is 6.91. The zero-order valence-electron chi connectivity index (χ0n) is 6.61. The van der Waals surface area contributed by atoms with Crippen molar-refractivity contribution in [3.8, 4) is 0 Å². The van der Waals surface area contributed by atoms with Crippen molar-refractivity contribution in [1.82, 2.24) is 0 Å². The van der Waals surface area contributed by atoms with Gasteiger partial charge in [-0.15, -0.1) is 0 Å². The van der Waals surface area contributed by atoms with Crippen molar-refractivity contribution in [2.24, 2.45) is 0 Å². The Bertz CT molecular complexity index is 101. The molecule has 0 aromatic heterocycles. The van der Waals surface area contributed by atoms with Crippen LogP contribution in [0.4, 0.5) is 0 Å². The van der Waals surface area contributed by atoms with Crippen molar-refractivity contribution in [1.29, 1.82) is 0 Å². The Morgan fingerprint density at radius 2 is 2.11 bits per heavy atom. The molecule has 1 nitrogen and oxygen atoms in total. The van der Waals surface area contributed by atoms with E-state index < -0.39 is 14.5 Å². The summed E-state index contributed by atoms with van der Waals surface area (Å²) in [6, 6.07) is 0. The van der Waals surface area contributed by atoms with Crippen LogP contribution in [0.3, 0.4) is 0 Å². The number of rotatable bonds is 0. The van der Waals surface area contributed by atoms with Gasteiger partial charge in [-0.05, 0) is 20.3 Å². The predicted molar refractivity (Wildman–Crippen MR) is 40.8 cm³/mol. The fourth-order valence-corrected chi connectivity index (χ4v) is 3.58. The van der Waals surface area contributed by atoms with Gasteiger partial charge in [-0.1, -0.05) is 17.5 Å². The Labute approximate surface area is 62.1 Å². The molecule has 2 heteroatoms. The molecule has 0 aromatic rings. The third kappa shape index (κ3) is 2.29. The average Bonchev–Trinajstić information content (AvgIpc) is 1.60. The molecule has 0 saturated carbocycles. The van der Waals surface area contributed by atoms with Crippen molar-refractivity contribution < 1.29 is 3.79 Å². The topological polar surface area (TPSA) is 9.23 Å². The van der Waals surface area contributed by atoms with Crippen LogP contribution in [0, 0.1) is 0 Å². The van der Waals surface area contributed by atoms with Crippen molar-refractivity contribution in [2.45, 2.75) is 43.4 Å². The van der Waals surface area contributed by atoms with E-state index in [1.807, 2.05) is 0 Å². The van der Waals surface area contributed by atoms with Crippen LogP contribution in [0.1, 0.15) is 26.7 Å². The van der Waals surface area contributed by atoms with Crippen LogP contribution in [0.25, 0.3) is 0 Å².